The average molecular weight is 472 g/mol. The monoisotopic (exact) mass is 472 g/mol. The molecule has 2 N–H and O–H groups in total. The third kappa shape index (κ3) is 4.56. The van der Waals surface area contributed by atoms with Crippen LogP contribution in [0.1, 0.15) is 20.7 Å². The predicted molar refractivity (Wildman–Crippen MR) is 109 cm³/mol. The van der Waals surface area contributed by atoms with Crippen LogP contribution in [-0.4, -0.2) is 22.2 Å². The molecule has 7 heteroatoms. The predicted octanol–water partition coefficient (Wildman–Crippen LogP) is 5.77. The Morgan fingerprint density at radius 2 is 1.33 bits per heavy atom. The summed E-state index contributed by atoms with van der Waals surface area (Å²) < 4.78 is 1.07. The molecule has 0 spiro atoms. The number of carboxylic acid groups (broad SMARTS) is 2. The van der Waals surface area contributed by atoms with Crippen molar-refractivity contribution in [2.45, 2.75) is 0 Å². The summed E-state index contributed by atoms with van der Waals surface area (Å²) in [4.78, 5) is 22.3. The normalized spacial score (nSPS) is 10.9. The molecule has 0 atom stereocenters. The first kappa shape index (κ1) is 18.7. The summed E-state index contributed by atoms with van der Waals surface area (Å²) in [5.41, 5.74) is 2.67. The van der Waals surface area contributed by atoms with Crippen LogP contribution in [0.3, 0.4) is 0 Å². The Morgan fingerprint density at radius 3 is 1.93 bits per heavy atom. The van der Waals surface area contributed by atoms with E-state index in [1.807, 2.05) is 24.3 Å². The number of halogens is 1. The van der Waals surface area contributed by atoms with Gasteiger partial charge in [0.25, 0.3) is 0 Å². The van der Waals surface area contributed by atoms with Gasteiger partial charge in [-0.05, 0) is 76.7 Å². The highest BCUT2D eigenvalue weighted by Crippen LogP contribution is 2.33. The van der Waals surface area contributed by atoms with Crippen molar-refractivity contribution in [2.24, 2.45) is 10.2 Å². The molecular weight excluding hydrogens is 459 g/mol. The molecule has 0 unspecified atom stereocenters. The highest BCUT2D eigenvalue weighted by atomic mass is 127. The smallest absolute Gasteiger partial charge is 0.335 e. The Hall–Kier alpha value is -3.07. The third-order valence-electron chi connectivity index (χ3n) is 3.79. The molecule has 0 bridgehead atoms. The summed E-state index contributed by atoms with van der Waals surface area (Å²) in [5, 5.41) is 26.7. The van der Waals surface area contributed by atoms with Gasteiger partial charge in [0.05, 0.1) is 22.5 Å². The topological polar surface area (TPSA) is 99.3 Å². The van der Waals surface area contributed by atoms with Crippen LogP contribution in [-0.2, 0) is 0 Å². The fourth-order valence-electron chi connectivity index (χ4n) is 2.40. The lowest BCUT2D eigenvalue weighted by molar-refractivity contribution is 0.0686. The number of hydrogen-bond acceptors (Lipinski definition) is 4. The number of rotatable bonds is 5. The molecule has 0 aromatic heterocycles. The molecule has 0 saturated carbocycles. The minimum absolute atomic E-state index is 0.0949. The standard InChI is InChI=1S/C20H13IN2O4/c21-15-6-8-16(9-7-15)22-23-18-11-14(20(26)27)5-10-17(18)12-1-3-13(4-2-12)19(24)25/h1-11H,(H,24,25)(H,26,27). The van der Waals surface area contributed by atoms with Crippen molar-refractivity contribution in [3.63, 3.8) is 0 Å². The van der Waals surface area contributed by atoms with Crippen LogP contribution in [0.25, 0.3) is 11.1 Å². The van der Waals surface area contributed by atoms with Crippen molar-refractivity contribution in [3.8, 4) is 11.1 Å². The first-order valence-electron chi connectivity index (χ1n) is 7.82. The zero-order chi connectivity index (χ0) is 19.4. The van der Waals surface area contributed by atoms with E-state index in [0.717, 1.165) is 3.57 Å². The molecule has 3 aromatic rings. The number of carboxylic acids is 2. The van der Waals surface area contributed by atoms with E-state index in [0.29, 0.717) is 22.5 Å². The fourth-order valence-corrected chi connectivity index (χ4v) is 2.76. The van der Waals surface area contributed by atoms with Crippen molar-refractivity contribution < 1.29 is 19.8 Å². The van der Waals surface area contributed by atoms with E-state index < -0.39 is 11.9 Å². The number of carbonyl (C=O) groups is 2. The van der Waals surface area contributed by atoms with E-state index in [1.54, 1.807) is 18.2 Å². The second-order valence-corrected chi connectivity index (χ2v) is 6.84. The van der Waals surface area contributed by atoms with Gasteiger partial charge in [-0.1, -0.05) is 18.2 Å². The Morgan fingerprint density at radius 1 is 0.741 bits per heavy atom. The van der Waals surface area contributed by atoms with Gasteiger partial charge in [-0.15, -0.1) is 5.11 Å². The van der Waals surface area contributed by atoms with Gasteiger partial charge in [0, 0.05) is 9.13 Å². The van der Waals surface area contributed by atoms with Crippen LogP contribution in [0.5, 0.6) is 0 Å². The largest absolute Gasteiger partial charge is 0.478 e. The van der Waals surface area contributed by atoms with Gasteiger partial charge in [-0.2, -0.15) is 5.11 Å². The minimum atomic E-state index is -1.06. The van der Waals surface area contributed by atoms with Crippen LogP contribution in [0.15, 0.2) is 77.0 Å². The van der Waals surface area contributed by atoms with E-state index in [4.69, 9.17) is 5.11 Å². The Bertz CT molecular complexity index is 1030. The molecule has 0 aliphatic heterocycles. The molecule has 0 fully saturated rings. The fraction of sp³-hybridized carbons (Fsp3) is 0. The molecule has 0 amide bonds. The van der Waals surface area contributed by atoms with Gasteiger partial charge in [0.2, 0.25) is 0 Å². The quantitative estimate of drug-likeness (QED) is 0.364. The molecule has 0 aliphatic carbocycles. The van der Waals surface area contributed by atoms with Crippen molar-refractivity contribution in [2.75, 3.05) is 0 Å². The Balaban J connectivity index is 2.03. The molecule has 0 radical (unpaired) electrons. The highest BCUT2D eigenvalue weighted by molar-refractivity contribution is 14.1. The number of nitrogens with zero attached hydrogens (tertiary/aromatic N) is 2. The Kier molecular flexibility index (Phi) is 5.60. The molecule has 0 heterocycles. The first-order valence-corrected chi connectivity index (χ1v) is 8.90. The van der Waals surface area contributed by atoms with Crippen molar-refractivity contribution in [1.82, 2.24) is 0 Å². The lowest BCUT2D eigenvalue weighted by atomic mass is 10.0. The van der Waals surface area contributed by atoms with E-state index >= 15 is 0 Å². The lowest BCUT2D eigenvalue weighted by Gasteiger charge is -2.07. The molecule has 3 aromatic carbocycles. The van der Waals surface area contributed by atoms with E-state index in [-0.39, 0.29) is 11.1 Å². The van der Waals surface area contributed by atoms with Crippen LogP contribution < -0.4 is 0 Å². The van der Waals surface area contributed by atoms with Gasteiger partial charge in [0.15, 0.2) is 0 Å². The summed E-state index contributed by atoms with van der Waals surface area (Å²) >= 11 is 2.19. The van der Waals surface area contributed by atoms with E-state index in [1.165, 1.54) is 24.3 Å². The van der Waals surface area contributed by atoms with Crippen molar-refractivity contribution in [1.29, 1.82) is 0 Å². The van der Waals surface area contributed by atoms with Gasteiger partial charge >= 0.3 is 11.9 Å². The summed E-state index contributed by atoms with van der Waals surface area (Å²) in [6.07, 6.45) is 0. The van der Waals surface area contributed by atoms with Crippen LogP contribution in [0, 0.1) is 3.57 Å². The molecule has 27 heavy (non-hydrogen) atoms. The molecule has 0 saturated heterocycles. The molecular formula is C20H13IN2O4. The minimum Gasteiger partial charge on any atom is -0.478 e. The summed E-state index contributed by atoms with van der Waals surface area (Å²) in [6.45, 7) is 0. The summed E-state index contributed by atoms with van der Waals surface area (Å²) in [7, 11) is 0. The number of hydrogen-bond donors (Lipinski definition) is 2. The number of azo groups is 1. The zero-order valence-corrected chi connectivity index (χ0v) is 16.0. The zero-order valence-electron chi connectivity index (χ0n) is 13.8. The Labute approximate surface area is 168 Å². The average Bonchev–Trinajstić information content (AvgIpc) is 2.67. The van der Waals surface area contributed by atoms with E-state index in [9.17, 15) is 14.7 Å². The van der Waals surface area contributed by atoms with Crippen molar-refractivity contribution in [3.05, 3.63) is 81.4 Å². The van der Waals surface area contributed by atoms with Crippen molar-refractivity contribution >= 4 is 45.9 Å². The van der Waals surface area contributed by atoms with Gasteiger partial charge in [-0.3, -0.25) is 0 Å². The summed E-state index contributed by atoms with van der Waals surface area (Å²) in [5.74, 6) is -2.07. The summed E-state index contributed by atoms with van der Waals surface area (Å²) in [6, 6.07) is 18.3. The number of benzene rings is 3. The molecule has 0 aliphatic rings. The first-order chi connectivity index (χ1) is 12.9. The third-order valence-corrected chi connectivity index (χ3v) is 4.51. The van der Waals surface area contributed by atoms with Gasteiger partial charge < -0.3 is 10.2 Å². The second-order valence-electron chi connectivity index (χ2n) is 5.60. The molecule has 6 nitrogen and oxygen atoms in total. The van der Waals surface area contributed by atoms with Crippen LogP contribution >= 0.6 is 22.6 Å². The van der Waals surface area contributed by atoms with E-state index in [2.05, 4.69) is 32.8 Å². The van der Waals surface area contributed by atoms with Crippen LogP contribution in [0.4, 0.5) is 11.4 Å². The maximum atomic E-state index is 11.3. The van der Waals surface area contributed by atoms with Gasteiger partial charge in [0.1, 0.15) is 0 Å². The van der Waals surface area contributed by atoms with Crippen LogP contribution in [0.2, 0.25) is 0 Å². The lowest BCUT2D eigenvalue weighted by Crippen LogP contribution is -1.96. The SMILES string of the molecule is O=C(O)c1ccc(-c2ccc(C(=O)O)cc2N=Nc2ccc(I)cc2)cc1. The second kappa shape index (κ2) is 8.09. The molecule has 3 rings (SSSR count). The molecule has 134 valence electrons. The van der Waals surface area contributed by atoms with Gasteiger partial charge in [-0.25, -0.2) is 9.59 Å². The maximum absolute atomic E-state index is 11.3. The number of aromatic carboxylic acids is 2. The highest BCUT2D eigenvalue weighted by Gasteiger charge is 2.11. The maximum Gasteiger partial charge on any atom is 0.335 e.